The molecule has 4 rings (SSSR count). The Kier molecular flexibility index (Phi) is 5.78. The number of nitrogens with one attached hydrogen (secondary N) is 1. The molecule has 1 N–H and O–H groups in total. The molecule has 2 aromatic heterocycles. The van der Waals surface area contributed by atoms with Gasteiger partial charge in [0.2, 0.25) is 0 Å². The highest BCUT2D eigenvalue weighted by atomic mass is 32.1. The number of thiazole rings is 1. The fourth-order valence-corrected chi connectivity index (χ4v) is 4.96. The minimum atomic E-state index is -0.277. The van der Waals surface area contributed by atoms with Gasteiger partial charge in [-0.3, -0.25) is 4.79 Å². The van der Waals surface area contributed by atoms with E-state index < -0.39 is 0 Å². The molecule has 0 saturated carbocycles. The first-order chi connectivity index (χ1) is 14.4. The van der Waals surface area contributed by atoms with Gasteiger partial charge in [-0.2, -0.15) is 0 Å². The third-order valence-electron chi connectivity index (χ3n) is 4.35. The lowest BCUT2D eigenvalue weighted by Crippen LogP contribution is -2.21. The van der Waals surface area contributed by atoms with Gasteiger partial charge in [-0.15, -0.1) is 22.7 Å². The molecule has 0 radical (unpaired) electrons. The maximum atomic E-state index is 12.6. The number of carbonyl (C=O) groups excluding carboxylic acids is 1. The van der Waals surface area contributed by atoms with Crippen LogP contribution in [0.25, 0.3) is 20.3 Å². The lowest BCUT2D eigenvalue weighted by molar-refractivity contribution is -0.118. The first kappa shape index (κ1) is 20.4. The van der Waals surface area contributed by atoms with Gasteiger partial charge < -0.3 is 19.5 Å². The number of aromatic nitrogens is 1. The molecule has 0 saturated heterocycles. The second kappa shape index (κ2) is 8.49. The maximum Gasteiger partial charge on any atom is 0.262 e. The van der Waals surface area contributed by atoms with E-state index in [0.29, 0.717) is 22.9 Å². The number of ether oxygens (including phenoxy) is 3. The first-order valence-electron chi connectivity index (χ1n) is 9.49. The molecule has 0 aliphatic rings. The Labute approximate surface area is 182 Å². The van der Waals surface area contributed by atoms with Gasteiger partial charge in [0.25, 0.3) is 5.91 Å². The molecule has 0 spiro atoms. The number of fused-ring (bicyclic) bond motifs is 3. The maximum absolute atomic E-state index is 12.6. The molecule has 0 unspecified atom stereocenters. The highest BCUT2D eigenvalue weighted by Crippen LogP contribution is 2.39. The van der Waals surface area contributed by atoms with E-state index in [4.69, 9.17) is 14.2 Å². The summed E-state index contributed by atoms with van der Waals surface area (Å²) in [5.74, 6) is 1.62. The third-order valence-corrected chi connectivity index (χ3v) is 6.19. The van der Waals surface area contributed by atoms with Crippen LogP contribution in [0.15, 0.2) is 35.7 Å². The molecule has 2 heterocycles. The van der Waals surface area contributed by atoms with Crippen LogP contribution in [0.2, 0.25) is 0 Å². The number of aryl methyl sites for hydroxylation is 1. The number of amides is 1. The van der Waals surface area contributed by atoms with Crippen molar-refractivity contribution in [2.24, 2.45) is 0 Å². The number of carbonyl (C=O) groups is 1. The van der Waals surface area contributed by atoms with Crippen LogP contribution >= 0.6 is 22.7 Å². The van der Waals surface area contributed by atoms with Crippen molar-refractivity contribution in [2.75, 3.05) is 19.0 Å². The van der Waals surface area contributed by atoms with Gasteiger partial charge in [-0.25, -0.2) is 4.98 Å². The van der Waals surface area contributed by atoms with Gasteiger partial charge in [0.05, 0.1) is 38.8 Å². The Hall–Kier alpha value is -2.84. The van der Waals surface area contributed by atoms with Gasteiger partial charge in [-0.1, -0.05) is 0 Å². The summed E-state index contributed by atoms with van der Waals surface area (Å²) >= 11 is 3.24. The number of thiophene rings is 1. The van der Waals surface area contributed by atoms with Crippen LogP contribution in [0.3, 0.4) is 0 Å². The lowest BCUT2D eigenvalue weighted by atomic mass is 10.2. The van der Waals surface area contributed by atoms with Gasteiger partial charge in [0, 0.05) is 17.5 Å². The standard InChI is InChI=1S/C22H22N2O4S2/c1-12(2)28-17-6-5-14(26-4)9-16(17)24-20(25)11-27-18-10-19-21(23-13(3)30-19)22-15(18)7-8-29-22/h5-10,12H,11H2,1-4H3,(H,24,25). The van der Waals surface area contributed by atoms with Crippen molar-refractivity contribution in [2.45, 2.75) is 26.9 Å². The number of rotatable bonds is 7. The van der Waals surface area contributed by atoms with E-state index in [0.717, 1.165) is 25.3 Å². The molecule has 0 aliphatic carbocycles. The van der Waals surface area contributed by atoms with E-state index in [1.165, 1.54) is 0 Å². The molecule has 0 atom stereocenters. The molecule has 8 heteroatoms. The van der Waals surface area contributed by atoms with Gasteiger partial charge >= 0.3 is 0 Å². The molecule has 0 bridgehead atoms. The van der Waals surface area contributed by atoms with Crippen molar-refractivity contribution in [1.82, 2.24) is 4.98 Å². The molecule has 2 aromatic carbocycles. The van der Waals surface area contributed by atoms with E-state index in [9.17, 15) is 4.79 Å². The van der Waals surface area contributed by atoms with Gasteiger partial charge in [0.15, 0.2) is 6.61 Å². The summed E-state index contributed by atoms with van der Waals surface area (Å²) in [5.41, 5.74) is 1.54. The van der Waals surface area contributed by atoms with E-state index in [2.05, 4.69) is 10.3 Å². The third kappa shape index (κ3) is 4.20. The topological polar surface area (TPSA) is 69.7 Å². The highest BCUT2D eigenvalue weighted by Gasteiger charge is 2.15. The quantitative estimate of drug-likeness (QED) is 0.401. The Balaban J connectivity index is 1.53. The zero-order valence-corrected chi connectivity index (χ0v) is 18.8. The summed E-state index contributed by atoms with van der Waals surface area (Å²) < 4.78 is 19.1. The largest absolute Gasteiger partial charge is 0.497 e. The predicted octanol–water partition coefficient (Wildman–Crippen LogP) is 5.63. The van der Waals surface area contributed by atoms with E-state index in [1.54, 1.807) is 48.0 Å². The normalized spacial score (nSPS) is 11.2. The Morgan fingerprint density at radius 3 is 2.80 bits per heavy atom. The van der Waals surface area contributed by atoms with Crippen LogP contribution in [0.4, 0.5) is 5.69 Å². The van der Waals surface area contributed by atoms with Crippen molar-refractivity contribution < 1.29 is 19.0 Å². The molecule has 156 valence electrons. The number of methoxy groups -OCH3 is 1. The molecule has 4 aromatic rings. The number of anilines is 1. The van der Waals surface area contributed by atoms with Crippen molar-refractivity contribution in [3.63, 3.8) is 0 Å². The number of hydrogen-bond donors (Lipinski definition) is 1. The van der Waals surface area contributed by atoms with Crippen molar-refractivity contribution in [1.29, 1.82) is 0 Å². The molecule has 1 amide bonds. The molecule has 0 fully saturated rings. The van der Waals surface area contributed by atoms with E-state index in [1.807, 2.05) is 38.3 Å². The number of nitrogens with zero attached hydrogens (tertiary/aromatic N) is 1. The zero-order valence-electron chi connectivity index (χ0n) is 17.1. The van der Waals surface area contributed by atoms with Crippen molar-refractivity contribution in [3.8, 4) is 17.2 Å². The average Bonchev–Trinajstić information content (AvgIpc) is 3.33. The molecule has 0 aliphatic heterocycles. The first-order valence-corrected chi connectivity index (χ1v) is 11.2. The van der Waals surface area contributed by atoms with Crippen LogP contribution in [0, 0.1) is 6.92 Å². The summed E-state index contributed by atoms with van der Waals surface area (Å²) in [6, 6.07) is 9.27. The van der Waals surface area contributed by atoms with E-state index in [-0.39, 0.29) is 18.6 Å². The summed E-state index contributed by atoms with van der Waals surface area (Å²) in [4.78, 5) is 17.2. The SMILES string of the molecule is COc1ccc(OC(C)C)c(NC(=O)COc2cc3sc(C)nc3c3sccc23)c1. The summed E-state index contributed by atoms with van der Waals surface area (Å²) in [6.07, 6.45) is -0.0215. The number of hydrogen-bond acceptors (Lipinski definition) is 7. The van der Waals surface area contributed by atoms with Crippen LogP contribution in [0.1, 0.15) is 18.9 Å². The van der Waals surface area contributed by atoms with Crippen LogP contribution in [-0.2, 0) is 4.79 Å². The second-order valence-corrected chi connectivity index (χ2v) is 9.13. The smallest absolute Gasteiger partial charge is 0.262 e. The molecule has 30 heavy (non-hydrogen) atoms. The summed E-state index contributed by atoms with van der Waals surface area (Å²) in [5, 5.41) is 6.85. The monoisotopic (exact) mass is 442 g/mol. The zero-order chi connectivity index (χ0) is 21.3. The Bertz CT molecular complexity index is 1210. The fraction of sp³-hybridized carbons (Fsp3) is 0.273. The van der Waals surface area contributed by atoms with Crippen molar-refractivity contribution in [3.05, 3.63) is 40.7 Å². The Morgan fingerprint density at radius 1 is 1.20 bits per heavy atom. The van der Waals surface area contributed by atoms with Gasteiger partial charge in [0.1, 0.15) is 17.2 Å². The van der Waals surface area contributed by atoms with Gasteiger partial charge in [-0.05, 0) is 44.4 Å². The van der Waals surface area contributed by atoms with Crippen LogP contribution in [0.5, 0.6) is 17.2 Å². The fourth-order valence-electron chi connectivity index (χ4n) is 3.13. The lowest BCUT2D eigenvalue weighted by Gasteiger charge is -2.16. The van der Waals surface area contributed by atoms with Crippen LogP contribution < -0.4 is 19.5 Å². The molecule has 6 nitrogen and oxygen atoms in total. The van der Waals surface area contributed by atoms with Crippen molar-refractivity contribution >= 4 is 54.6 Å². The van der Waals surface area contributed by atoms with Crippen LogP contribution in [-0.4, -0.2) is 30.7 Å². The van der Waals surface area contributed by atoms with E-state index >= 15 is 0 Å². The number of benzene rings is 2. The minimum Gasteiger partial charge on any atom is -0.497 e. The summed E-state index contributed by atoms with van der Waals surface area (Å²) in [7, 11) is 1.58. The average molecular weight is 443 g/mol. The Morgan fingerprint density at radius 2 is 2.03 bits per heavy atom. The molecular weight excluding hydrogens is 420 g/mol. The highest BCUT2D eigenvalue weighted by molar-refractivity contribution is 7.21. The summed E-state index contributed by atoms with van der Waals surface area (Å²) in [6.45, 7) is 5.74. The molecular formula is C22H22N2O4S2. The minimum absolute atomic E-state index is 0.0215. The second-order valence-electron chi connectivity index (χ2n) is 6.98. The predicted molar refractivity (Wildman–Crippen MR) is 123 cm³/mol.